The highest BCUT2D eigenvalue weighted by atomic mass is 16.5. The average Bonchev–Trinajstić information content (AvgIpc) is 3.56. The van der Waals surface area contributed by atoms with Crippen molar-refractivity contribution in [2.75, 3.05) is 32.0 Å². The van der Waals surface area contributed by atoms with Crippen molar-refractivity contribution in [3.05, 3.63) is 66.1 Å². The molecule has 2 aliphatic rings. The van der Waals surface area contributed by atoms with E-state index in [9.17, 15) is 0 Å². The van der Waals surface area contributed by atoms with Crippen LogP contribution in [0.4, 0.5) is 5.82 Å². The van der Waals surface area contributed by atoms with Crippen LogP contribution in [-0.2, 0) is 11.3 Å². The van der Waals surface area contributed by atoms with Gasteiger partial charge in [0.1, 0.15) is 17.8 Å². The normalized spacial score (nSPS) is 20.6. The van der Waals surface area contributed by atoms with E-state index in [0.717, 1.165) is 91.7 Å². The molecular weight excluding hydrogens is 488 g/mol. The van der Waals surface area contributed by atoms with Gasteiger partial charge >= 0.3 is 0 Å². The Kier molecular flexibility index (Phi) is 6.25. The Balaban J connectivity index is 1.19. The number of rotatable bonds is 5. The maximum atomic E-state index is 6.43. The van der Waals surface area contributed by atoms with Crippen LogP contribution in [0.15, 0.2) is 55.0 Å². The Labute approximate surface area is 227 Å². The van der Waals surface area contributed by atoms with E-state index >= 15 is 0 Å². The molecule has 7 rings (SSSR count). The quantitative estimate of drug-likeness (QED) is 0.360. The molecule has 0 spiro atoms. The molecule has 0 bridgehead atoms. The molecule has 0 amide bonds. The van der Waals surface area contributed by atoms with Gasteiger partial charge in [0.05, 0.1) is 42.9 Å². The highest BCUT2D eigenvalue weighted by Crippen LogP contribution is 2.37. The van der Waals surface area contributed by atoms with Gasteiger partial charge in [0.2, 0.25) is 0 Å². The smallest absolute Gasteiger partial charge is 0.164 e. The summed E-state index contributed by atoms with van der Waals surface area (Å²) in [5, 5.41) is 11.7. The summed E-state index contributed by atoms with van der Waals surface area (Å²) < 4.78 is 9.72. The van der Waals surface area contributed by atoms with Crippen LogP contribution in [0, 0.1) is 6.92 Å². The first-order valence-corrected chi connectivity index (χ1v) is 14.0. The number of nitrogen functional groups attached to an aromatic ring is 1. The average molecular weight is 523 g/mol. The van der Waals surface area contributed by atoms with E-state index in [0.29, 0.717) is 17.9 Å². The molecule has 0 unspecified atom stereocenters. The number of fused-ring (bicyclic) bond motifs is 2. The van der Waals surface area contributed by atoms with Crippen molar-refractivity contribution in [1.82, 2.24) is 34.4 Å². The van der Waals surface area contributed by atoms with Gasteiger partial charge in [0.25, 0.3) is 0 Å². The van der Waals surface area contributed by atoms with E-state index in [1.54, 1.807) is 6.33 Å². The fourth-order valence-corrected chi connectivity index (χ4v) is 6.41. The summed E-state index contributed by atoms with van der Waals surface area (Å²) in [6, 6.07) is 15.9. The minimum Gasteiger partial charge on any atom is -0.383 e. The second-order valence-corrected chi connectivity index (χ2v) is 10.9. The summed E-state index contributed by atoms with van der Waals surface area (Å²) in [7, 11) is 0. The molecule has 1 saturated heterocycles. The van der Waals surface area contributed by atoms with Crippen molar-refractivity contribution in [2.24, 2.45) is 0 Å². The maximum absolute atomic E-state index is 6.43. The summed E-state index contributed by atoms with van der Waals surface area (Å²) in [5.74, 6) is 0.471. The molecule has 0 radical (unpaired) electrons. The summed E-state index contributed by atoms with van der Waals surface area (Å²) >= 11 is 0. The van der Waals surface area contributed by atoms with Crippen molar-refractivity contribution in [3.8, 4) is 11.3 Å². The standard InChI is InChI=1S/C30H34N8O/c1-20-3-2-4-21(15-20)18-37-26-10-5-22(16-23(26)17-34-37)28-27-29(31)32-19-33-30(27)38(35-28)25-8-6-24(7-9-25)36-11-13-39-14-12-36/h2-5,10,15-17,19,24-25H,6-9,11-14,18H2,1H3,(H2,31,32,33). The van der Waals surface area contributed by atoms with Gasteiger partial charge in [0, 0.05) is 30.1 Å². The summed E-state index contributed by atoms with van der Waals surface area (Å²) in [5.41, 5.74) is 12.7. The number of anilines is 1. The van der Waals surface area contributed by atoms with E-state index in [1.165, 1.54) is 11.1 Å². The van der Waals surface area contributed by atoms with Gasteiger partial charge in [-0.15, -0.1) is 0 Å². The minimum absolute atomic E-state index is 0.300. The van der Waals surface area contributed by atoms with Gasteiger partial charge in [0.15, 0.2) is 5.65 Å². The first kappa shape index (κ1) is 24.2. The number of hydrogen-bond acceptors (Lipinski definition) is 7. The molecule has 2 N–H and O–H groups in total. The number of benzene rings is 2. The number of aromatic nitrogens is 6. The highest BCUT2D eigenvalue weighted by Gasteiger charge is 2.30. The number of ether oxygens (including phenoxy) is 1. The lowest BCUT2D eigenvalue weighted by Crippen LogP contribution is -2.45. The first-order valence-electron chi connectivity index (χ1n) is 14.0. The third kappa shape index (κ3) is 4.55. The summed E-state index contributed by atoms with van der Waals surface area (Å²) in [6.45, 7) is 6.62. The number of nitrogens with zero attached hydrogens (tertiary/aromatic N) is 7. The van der Waals surface area contributed by atoms with Crippen LogP contribution in [0.1, 0.15) is 42.9 Å². The van der Waals surface area contributed by atoms with Crippen LogP contribution in [-0.4, -0.2) is 66.8 Å². The molecule has 9 nitrogen and oxygen atoms in total. The second kappa shape index (κ2) is 10.1. The predicted octanol–water partition coefficient (Wildman–Crippen LogP) is 4.60. The minimum atomic E-state index is 0.300. The molecular formula is C30H34N8O. The van der Waals surface area contributed by atoms with E-state index < -0.39 is 0 Å². The van der Waals surface area contributed by atoms with Gasteiger partial charge in [-0.1, -0.05) is 35.9 Å². The molecule has 1 saturated carbocycles. The molecule has 1 aliphatic carbocycles. The topological polar surface area (TPSA) is 99.9 Å². The molecule has 200 valence electrons. The zero-order chi connectivity index (χ0) is 26.3. The predicted molar refractivity (Wildman–Crippen MR) is 152 cm³/mol. The van der Waals surface area contributed by atoms with Crippen LogP contribution in [0.5, 0.6) is 0 Å². The third-order valence-corrected chi connectivity index (χ3v) is 8.42. The monoisotopic (exact) mass is 522 g/mol. The zero-order valence-corrected chi connectivity index (χ0v) is 22.3. The van der Waals surface area contributed by atoms with Crippen molar-refractivity contribution < 1.29 is 4.74 Å². The number of aryl methyl sites for hydroxylation is 1. The van der Waals surface area contributed by atoms with E-state index in [-0.39, 0.29) is 0 Å². The van der Waals surface area contributed by atoms with E-state index in [1.807, 2.05) is 6.20 Å². The Morgan fingerprint density at radius 2 is 1.79 bits per heavy atom. The Hall–Kier alpha value is -3.82. The van der Waals surface area contributed by atoms with E-state index in [2.05, 4.69) is 78.7 Å². The summed E-state index contributed by atoms with van der Waals surface area (Å²) in [4.78, 5) is 11.6. The first-order chi connectivity index (χ1) is 19.1. The molecule has 5 aromatic rings. The van der Waals surface area contributed by atoms with Crippen LogP contribution in [0.2, 0.25) is 0 Å². The fourth-order valence-electron chi connectivity index (χ4n) is 6.41. The summed E-state index contributed by atoms with van der Waals surface area (Å²) in [6.07, 6.45) is 7.96. The maximum Gasteiger partial charge on any atom is 0.164 e. The van der Waals surface area contributed by atoms with Crippen LogP contribution >= 0.6 is 0 Å². The van der Waals surface area contributed by atoms with Gasteiger partial charge in [-0.2, -0.15) is 10.2 Å². The lowest BCUT2D eigenvalue weighted by Gasteiger charge is -2.38. The van der Waals surface area contributed by atoms with Gasteiger partial charge in [-0.05, 0) is 50.3 Å². The molecule has 2 fully saturated rings. The molecule has 2 aromatic carbocycles. The Morgan fingerprint density at radius 1 is 0.974 bits per heavy atom. The Morgan fingerprint density at radius 3 is 2.62 bits per heavy atom. The largest absolute Gasteiger partial charge is 0.383 e. The van der Waals surface area contributed by atoms with Crippen LogP contribution in [0.3, 0.4) is 0 Å². The Bertz CT molecular complexity index is 1630. The van der Waals surface area contributed by atoms with Crippen molar-refractivity contribution in [2.45, 2.75) is 51.2 Å². The lowest BCUT2D eigenvalue weighted by atomic mass is 9.90. The fraction of sp³-hybridized carbons (Fsp3) is 0.400. The number of nitrogens with two attached hydrogens (primary N) is 1. The molecule has 9 heteroatoms. The third-order valence-electron chi connectivity index (χ3n) is 8.42. The molecule has 4 heterocycles. The van der Waals surface area contributed by atoms with Crippen molar-refractivity contribution in [3.63, 3.8) is 0 Å². The van der Waals surface area contributed by atoms with Gasteiger partial charge in [-0.25, -0.2) is 14.6 Å². The van der Waals surface area contributed by atoms with Crippen LogP contribution in [0.25, 0.3) is 33.2 Å². The molecule has 1 aliphatic heterocycles. The highest BCUT2D eigenvalue weighted by molar-refractivity contribution is 5.99. The zero-order valence-electron chi connectivity index (χ0n) is 22.3. The molecule has 39 heavy (non-hydrogen) atoms. The van der Waals surface area contributed by atoms with Gasteiger partial charge < -0.3 is 10.5 Å². The van der Waals surface area contributed by atoms with Crippen molar-refractivity contribution >= 4 is 27.8 Å². The lowest BCUT2D eigenvalue weighted by molar-refractivity contribution is 0.00520. The molecule has 0 atom stereocenters. The molecule has 3 aromatic heterocycles. The van der Waals surface area contributed by atoms with E-state index in [4.69, 9.17) is 15.6 Å². The van der Waals surface area contributed by atoms with Crippen molar-refractivity contribution in [1.29, 1.82) is 0 Å². The number of morpholine rings is 1. The van der Waals surface area contributed by atoms with Gasteiger partial charge in [-0.3, -0.25) is 9.58 Å². The van der Waals surface area contributed by atoms with Crippen LogP contribution < -0.4 is 5.73 Å². The second-order valence-electron chi connectivity index (χ2n) is 10.9. The SMILES string of the molecule is Cc1cccc(Cn2ncc3cc(-c4nn(C5CCC(N6CCOCC6)CC5)c5ncnc(N)c45)ccc32)c1. The number of hydrogen-bond donors (Lipinski definition) is 1.